The fourth-order valence-electron chi connectivity index (χ4n) is 1.83. The first-order chi connectivity index (χ1) is 10.2. The summed E-state index contributed by atoms with van der Waals surface area (Å²) in [5.74, 6) is 0.507. The van der Waals surface area contributed by atoms with E-state index in [2.05, 4.69) is 10.3 Å². The van der Waals surface area contributed by atoms with Crippen LogP contribution in [0.4, 0.5) is 11.4 Å². The molecular formula is C14H12N4O3. The molecule has 2 rings (SSSR count). The third kappa shape index (κ3) is 3.25. The molecule has 7 heteroatoms. The molecule has 0 aliphatic rings. The average molecular weight is 284 g/mol. The van der Waals surface area contributed by atoms with Gasteiger partial charge in [0, 0.05) is 30.1 Å². The Labute approximate surface area is 121 Å². The molecular weight excluding hydrogens is 272 g/mol. The molecule has 0 spiro atoms. The standard InChI is InChI=1S/C14H12N4O3/c1-21-14-10(3-2-6-16-14)9-17-12-4-5-13(18(19)20)11(7-12)8-15/h2-7,17H,9H2,1H3. The Balaban J connectivity index is 2.18. The maximum Gasteiger partial charge on any atom is 0.287 e. The van der Waals surface area contributed by atoms with E-state index < -0.39 is 4.92 Å². The Bertz CT molecular complexity index is 710. The summed E-state index contributed by atoms with van der Waals surface area (Å²) in [5.41, 5.74) is 1.27. The van der Waals surface area contributed by atoms with Crippen molar-refractivity contribution in [3.8, 4) is 11.9 Å². The lowest BCUT2D eigenvalue weighted by Crippen LogP contribution is -2.03. The number of nitrogens with zero attached hydrogens (tertiary/aromatic N) is 3. The predicted octanol–water partition coefficient (Wildman–Crippen LogP) is 2.48. The molecule has 0 aliphatic carbocycles. The van der Waals surface area contributed by atoms with Gasteiger partial charge in [0.05, 0.1) is 12.0 Å². The highest BCUT2D eigenvalue weighted by atomic mass is 16.6. The summed E-state index contributed by atoms with van der Waals surface area (Å²) < 4.78 is 5.14. The van der Waals surface area contributed by atoms with Crippen LogP contribution >= 0.6 is 0 Å². The molecule has 1 N–H and O–H groups in total. The Hall–Kier alpha value is -3.14. The van der Waals surface area contributed by atoms with Gasteiger partial charge in [0.15, 0.2) is 0 Å². The Morgan fingerprint density at radius 2 is 2.29 bits per heavy atom. The smallest absolute Gasteiger partial charge is 0.287 e. The van der Waals surface area contributed by atoms with Crippen molar-refractivity contribution in [1.82, 2.24) is 4.98 Å². The maximum atomic E-state index is 10.8. The van der Waals surface area contributed by atoms with Crippen LogP contribution in [0.5, 0.6) is 5.88 Å². The minimum atomic E-state index is -0.577. The third-order valence-corrected chi connectivity index (χ3v) is 2.84. The summed E-state index contributed by atoms with van der Waals surface area (Å²) in [6, 6.07) is 9.77. The van der Waals surface area contributed by atoms with Gasteiger partial charge in [0.2, 0.25) is 5.88 Å². The van der Waals surface area contributed by atoms with E-state index in [1.165, 1.54) is 19.2 Å². The summed E-state index contributed by atoms with van der Waals surface area (Å²) >= 11 is 0. The van der Waals surface area contributed by atoms with E-state index in [0.29, 0.717) is 18.1 Å². The highest BCUT2D eigenvalue weighted by molar-refractivity contribution is 5.58. The second-order valence-electron chi connectivity index (χ2n) is 4.13. The fourth-order valence-corrected chi connectivity index (χ4v) is 1.83. The fraction of sp³-hybridized carbons (Fsp3) is 0.143. The summed E-state index contributed by atoms with van der Waals surface area (Å²) in [5, 5.41) is 22.8. The number of nitriles is 1. The van der Waals surface area contributed by atoms with Crippen molar-refractivity contribution in [3.05, 3.63) is 57.8 Å². The molecule has 1 heterocycles. The second-order valence-corrected chi connectivity index (χ2v) is 4.13. The molecule has 0 saturated carbocycles. The monoisotopic (exact) mass is 284 g/mol. The van der Waals surface area contributed by atoms with Crippen LogP contribution in [0, 0.1) is 21.4 Å². The van der Waals surface area contributed by atoms with Gasteiger partial charge in [-0.1, -0.05) is 6.07 Å². The number of nitro benzene ring substituents is 1. The molecule has 1 aromatic heterocycles. The van der Waals surface area contributed by atoms with Crippen molar-refractivity contribution >= 4 is 11.4 Å². The topological polar surface area (TPSA) is 101 Å². The zero-order valence-corrected chi connectivity index (χ0v) is 11.2. The first-order valence-corrected chi connectivity index (χ1v) is 6.06. The van der Waals surface area contributed by atoms with E-state index in [4.69, 9.17) is 10.00 Å². The molecule has 0 bridgehead atoms. The zero-order valence-electron chi connectivity index (χ0n) is 11.2. The molecule has 7 nitrogen and oxygen atoms in total. The maximum absolute atomic E-state index is 10.8. The van der Waals surface area contributed by atoms with E-state index >= 15 is 0 Å². The Morgan fingerprint density at radius 1 is 1.48 bits per heavy atom. The third-order valence-electron chi connectivity index (χ3n) is 2.84. The number of nitrogens with one attached hydrogen (secondary N) is 1. The van der Waals surface area contributed by atoms with Crippen LogP contribution < -0.4 is 10.1 Å². The van der Waals surface area contributed by atoms with Gasteiger partial charge in [-0.15, -0.1) is 0 Å². The van der Waals surface area contributed by atoms with Crippen LogP contribution in [0.2, 0.25) is 0 Å². The molecule has 106 valence electrons. The summed E-state index contributed by atoms with van der Waals surface area (Å²) in [7, 11) is 1.53. The van der Waals surface area contributed by atoms with Crippen LogP contribution in [0.25, 0.3) is 0 Å². The van der Waals surface area contributed by atoms with Gasteiger partial charge in [0.25, 0.3) is 5.69 Å². The number of nitro groups is 1. The van der Waals surface area contributed by atoms with Crippen LogP contribution in [0.1, 0.15) is 11.1 Å². The Morgan fingerprint density at radius 3 is 2.95 bits per heavy atom. The van der Waals surface area contributed by atoms with Gasteiger partial charge >= 0.3 is 0 Å². The van der Waals surface area contributed by atoms with Gasteiger partial charge < -0.3 is 10.1 Å². The van der Waals surface area contributed by atoms with Crippen molar-refractivity contribution in [2.75, 3.05) is 12.4 Å². The molecule has 0 fully saturated rings. The van der Waals surface area contributed by atoms with E-state index in [0.717, 1.165) is 5.56 Å². The van der Waals surface area contributed by atoms with E-state index in [-0.39, 0.29) is 11.3 Å². The molecule has 0 unspecified atom stereocenters. The quantitative estimate of drug-likeness (QED) is 0.668. The number of aromatic nitrogens is 1. The SMILES string of the molecule is COc1ncccc1CNc1ccc([N+](=O)[O-])c(C#N)c1. The number of hydrogen-bond donors (Lipinski definition) is 1. The normalized spacial score (nSPS) is 9.71. The second kappa shape index (κ2) is 6.34. The molecule has 0 atom stereocenters. The lowest BCUT2D eigenvalue weighted by Gasteiger charge is -2.09. The van der Waals surface area contributed by atoms with Crippen molar-refractivity contribution in [2.45, 2.75) is 6.54 Å². The lowest BCUT2D eigenvalue weighted by molar-refractivity contribution is -0.385. The predicted molar refractivity (Wildman–Crippen MR) is 75.9 cm³/mol. The number of rotatable bonds is 5. The number of methoxy groups -OCH3 is 1. The Kier molecular flexibility index (Phi) is 4.31. The molecule has 1 aromatic carbocycles. The largest absolute Gasteiger partial charge is 0.481 e. The zero-order chi connectivity index (χ0) is 15.2. The molecule has 0 amide bonds. The minimum Gasteiger partial charge on any atom is -0.481 e. The summed E-state index contributed by atoms with van der Waals surface area (Å²) in [4.78, 5) is 14.3. The van der Waals surface area contributed by atoms with Gasteiger partial charge in [-0.25, -0.2) is 4.98 Å². The van der Waals surface area contributed by atoms with E-state index in [1.807, 2.05) is 12.1 Å². The van der Waals surface area contributed by atoms with Crippen molar-refractivity contribution in [3.63, 3.8) is 0 Å². The number of anilines is 1. The van der Waals surface area contributed by atoms with Crippen LogP contribution in [-0.2, 0) is 6.54 Å². The van der Waals surface area contributed by atoms with Crippen molar-refractivity contribution < 1.29 is 9.66 Å². The van der Waals surface area contributed by atoms with Gasteiger partial charge in [0.1, 0.15) is 11.6 Å². The highest BCUT2D eigenvalue weighted by Gasteiger charge is 2.13. The number of ether oxygens (including phenoxy) is 1. The molecule has 21 heavy (non-hydrogen) atoms. The van der Waals surface area contributed by atoms with Crippen LogP contribution in [-0.4, -0.2) is 17.0 Å². The van der Waals surface area contributed by atoms with Gasteiger partial charge in [-0.3, -0.25) is 10.1 Å². The highest BCUT2D eigenvalue weighted by Crippen LogP contribution is 2.23. The van der Waals surface area contributed by atoms with E-state index in [9.17, 15) is 10.1 Å². The first kappa shape index (κ1) is 14.3. The van der Waals surface area contributed by atoms with E-state index in [1.54, 1.807) is 18.3 Å². The molecule has 0 saturated heterocycles. The lowest BCUT2D eigenvalue weighted by atomic mass is 10.1. The van der Waals surface area contributed by atoms with Crippen molar-refractivity contribution in [1.29, 1.82) is 5.26 Å². The van der Waals surface area contributed by atoms with Crippen LogP contribution in [0.15, 0.2) is 36.5 Å². The van der Waals surface area contributed by atoms with Crippen LogP contribution in [0.3, 0.4) is 0 Å². The number of hydrogen-bond acceptors (Lipinski definition) is 6. The minimum absolute atomic E-state index is 0.0168. The molecule has 0 aliphatic heterocycles. The number of benzene rings is 1. The molecule has 2 aromatic rings. The summed E-state index contributed by atoms with van der Waals surface area (Å²) in [6.45, 7) is 0.430. The summed E-state index contributed by atoms with van der Waals surface area (Å²) in [6.07, 6.45) is 1.63. The first-order valence-electron chi connectivity index (χ1n) is 6.06. The number of pyridine rings is 1. The molecule has 0 radical (unpaired) electrons. The average Bonchev–Trinajstić information content (AvgIpc) is 2.52. The van der Waals surface area contributed by atoms with Gasteiger partial charge in [-0.05, 0) is 18.2 Å². The van der Waals surface area contributed by atoms with Crippen molar-refractivity contribution in [2.24, 2.45) is 0 Å². The van der Waals surface area contributed by atoms with Gasteiger partial charge in [-0.2, -0.15) is 5.26 Å².